The molecule has 2 saturated heterocycles. The molecule has 2 aromatic carbocycles. The van der Waals surface area contributed by atoms with Crippen LogP contribution in [0.25, 0.3) is 10.9 Å². The van der Waals surface area contributed by atoms with Gasteiger partial charge in [-0.2, -0.15) is 0 Å². The Bertz CT molecular complexity index is 1410. The predicted molar refractivity (Wildman–Crippen MR) is 154 cm³/mol. The van der Waals surface area contributed by atoms with E-state index in [9.17, 15) is 9.18 Å². The van der Waals surface area contributed by atoms with Gasteiger partial charge in [-0.3, -0.25) is 9.69 Å². The number of hydrogen-bond acceptors (Lipinski definition) is 7. The smallest absolute Gasteiger partial charge is 0.248 e. The number of likely N-dealkylation sites (tertiary alicyclic amines) is 1. The molecule has 8 nitrogen and oxygen atoms in total. The molecule has 1 amide bonds. The summed E-state index contributed by atoms with van der Waals surface area (Å²) in [6.45, 7) is 3.64. The average Bonchev–Trinajstić information content (AvgIpc) is 3.44. The number of hydrogen-bond donors (Lipinski definition) is 2. The number of halogens is 2. The number of aromatic nitrogens is 2. The highest BCUT2D eigenvalue weighted by atomic mass is 35.5. The molecule has 3 aliphatic rings. The molecule has 10 heteroatoms. The Kier molecular flexibility index (Phi) is 7.87. The minimum atomic E-state index is -0.503. The summed E-state index contributed by atoms with van der Waals surface area (Å²) in [6.07, 6.45) is 12.9. The minimum absolute atomic E-state index is 0.00230. The van der Waals surface area contributed by atoms with Crippen molar-refractivity contribution in [3.8, 4) is 5.75 Å². The highest BCUT2D eigenvalue weighted by Gasteiger charge is 2.42. The molecule has 0 bridgehead atoms. The first-order valence-corrected chi connectivity index (χ1v) is 14.3. The number of fused-ring (bicyclic) bond motifs is 1. The van der Waals surface area contributed by atoms with Crippen molar-refractivity contribution in [1.29, 1.82) is 0 Å². The SMILES string of the molecule is O=C(/C=C/CN1CC2(CCCCC2)C1)Nc1cc2c(Nc3ccc(F)c(Cl)c3)ncnc2cc1OC1CCCO1. The molecule has 1 saturated carbocycles. The van der Waals surface area contributed by atoms with Gasteiger partial charge in [-0.25, -0.2) is 14.4 Å². The van der Waals surface area contributed by atoms with E-state index in [0.717, 1.165) is 32.5 Å². The van der Waals surface area contributed by atoms with Gasteiger partial charge in [0.2, 0.25) is 5.91 Å². The van der Waals surface area contributed by atoms with Crippen LogP contribution < -0.4 is 15.4 Å². The van der Waals surface area contributed by atoms with E-state index >= 15 is 0 Å². The van der Waals surface area contributed by atoms with E-state index in [1.54, 1.807) is 24.3 Å². The molecule has 3 fully saturated rings. The predicted octanol–water partition coefficient (Wildman–Crippen LogP) is 6.44. The molecule has 3 aromatic rings. The van der Waals surface area contributed by atoms with E-state index in [2.05, 4.69) is 25.5 Å². The number of benzene rings is 2. The number of anilines is 3. The van der Waals surface area contributed by atoms with Crippen molar-refractivity contribution in [2.45, 2.75) is 51.2 Å². The first-order valence-electron chi connectivity index (χ1n) is 14.0. The Labute approximate surface area is 237 Å². The molecule has 2 N–H and O–H groups in total. The zero-order valence-electron chi connectivity index (χ0n) is 22.3. The van der Waals surface area contributed by atoms with Gasteiger partial charge in [0.15, 0.2) is 6.29 Å². The Morgan fingerprint density at radius 2 is 2.02 bits per heavy atom. The van der Waals surface area contributed by atoms with Gasteiger partial charge >= 0.3 is 0 Å². The van der Waals surface area contributed by atoms with Crippen LogP contribution in [0.5, 0.6) is 5.75 Å². The highest BCUT2D eigenvalue weighted by Crippen LogP contribution is 2.43. The van der Waals surface area contributed by atoms with E-state index in [-0.39, 0.29) is 17.2 Å². The lowest BCUT2D eigenvalue weighted by atomic mass is 9.69. The van der Waals surface area contributed by atoms with Crippen molar-refractivity contribution in [2.24, 2.45) is 5.41 Å². The fourth-order valence-electron chi connectivity index (χ4n) is 6.00. The fourth-order valence-corrected chi connectivity index (χ4v) is 6.19. The standard InChI is InChI=1S/C30H33ClFN5O3/c31-22-14-20(8-9-23(22)32)35-29-21-15-25(26(16-24(21)33-19-34-29)40-28-7-5-13-39-28)36-27(38)6-4-12-37-17-30(18-37)10-2-1-3-11-30/h4,6,8-9,14-16,19,28H,1-3,5,7,10-13,17-18H2,(H,36,38)(H,33,34,35)/b6-4+. The lowest BCUT2D eigenvalue weighted by Crippen LogP contribution is -2.56. The number of carbonyl (C=O) groups excluding carboxylic acids is 1. The van der Waals surface area contributed by atoms with Crippen LogP contribution in [0.4, 0.5) is 21.6 Å². The molecular formula is C30H33ClFN5O3. The van der Waals surface area contributed by atoms with E-state index in [1.807, 2.05) is 6.08 Å². The number of ether oxygens (including phenoxy) is 2. The highest BCUT2D eigenvalue weighted by molar-refractivity contribution is 6.31. The van der Waals surface area contributed by atoms with Crippen molar-refractivity contribution in [3.05, 3.63) is 59.7 Å². The molecular weight excluding hydrogens is 533 g/mol. The van der Waals surface area contributed by atoms with Gasteiger partial charge in [-0.15, -0.1) is 0 Å². The van der Waals surface area contributed by atoms with Crippen molar-refractivity contribution < 1.29 is 18.7 Å². The van der Waals surface area contributed by atoms with E-state index in [4.69, 9.17) is 21.1 Å². The zero-order chi connectivity index (χ0) is 27.5. The molecule has 2 aliphatic heterocycles. The van der Waals surface area contributed by atoms with Gasteiger partial charge in [0.05, 0.1) is 22.8 Å². The van der Waals surface area contributed by atoms with Gasteiger partial charge < -0.3 is 20.1 Å². The van der Waals surface area contributed by atoms with Crippen LogP contribution in [-0.4, -0.2) is 53.3 Å². The van der Waals surface area contributed by atoms with Gasteiger partial charge in [-0.1, -0.05) is 36.9 Å². The van der Waals surface area contributed by atoms with Crippen LogP contribution in [0.3, 0.4) is 0 Å². The topological polar surface area (TPSA) is 88.6 Å². The summed E-state index contributed by atoms with van der Waals surface area (Å²) in [5.74, 6) is 0.201. The Morgan fingerprint density at radius 1 is 1.18 bits per heavy atom. The quantitative estimate of drug-likeness (QED) is 0.304. The van der Waals surface area contributed by atoms with Crippen LogP contribution in [0, 0.1) is 11.2 Å². The van der Waals surface area contributed by atoms with Crippen molar-refractivity contribution in [2.75, 3.05) is 36.9 Å². The fraction of sp³-hybridized carbons (Fsp3) is 0.433. The monoisotopic (exact) mass is 565 g/mol. The summed E-state index contributed by atoms with van der Waals surface area (Å²) in [7, 11) is 0. The van der Waals surface area contributed by atoms with Crippen LogP contribution >= 0.6 is 11.6 Å². The molecule has 1 unspecified atom stereocenters. The maximum Gasteiger partial charge on any atom is 0.248 e. The van der Waals surface area contributed by atoms with E-state index in [1.165, 1.54) is 50.6 Å². The lowest BCUT2D eigenvalue weighted by molar-refractivity contribution is -0.112. The first-order chi connectivity index (χ1) is 19.5. The molecule has 1 aromatic heterocycles. The summed E-state index contributed by atoms with van der Waals surface area (Å²) in [6, 6.07) is 7.90. The average molecular weight is 566 g/mol. The molecule has 1 aliphatic carbocycles. The van der Waals surface area contributed by atoms with Gasteiger partial charge in [0.25, 0.3) is 0 Å². The first kappa shape index (κ1) is 26.9. The van der Waals surface area contributed by atoms with Crippen LogP contribution in [-0.2, 0) is 9.53 Å². The molecule has 0 radical (unpaired) electrons. The Morgan fingerprint density at radius 3 is 2.80 bits per heavy atom. The van der Waals surface area contributed by atoms with Crippen LogP contribution in [0.1, 0.15) is 44.9 Å². The Balaban J connectivity index is 1.19. The summed E-state index contributed by atoms with van der Waals surface area (Å²) in [5.41, 5.74) is 2.18. The number of nitrogens with one attached hydrogen (secondary N) is 2. The molecule has 3 heterocycles. The molecule has 40 heavy (non-hydrogen) atoms. The van der Waals surface area contributed by atoms with E-state index in [0.29, 0.717) is 45.9 Å². The zero-order valence-corrected chi connectivity index (χ0v) is 23.1. The third-order valence-electron chi connectivity index (χ3n) is 7.99. The largest absolute Gasteiger partial charge is 0.463 e. The molecule has 210 valence electrons. The normalized spacial score (nSPS) is 20.6. The summed E-state index contributed by atoms with van der Waals surface area (Å²) in [5, 5.41) is 6.80. The van der Waals surface area contributed by atoms with Gasteiger partial charge in [0, 0.05) is 49.3 Å². The number of rotatable bonds is 8. The maximum atomic E-state index is 13.7. The van der Waals surface area contributed by atoms with E-state index < -0.39 is 5.82 Å². The van der Waals surface area contributed by atoms with Crippen molar-refractivity contribution in [1.82, 2.24) is 14.9 Å². The van der Waals surface area contributed by atoms with Crippen LogP contribution in [0.2, 0.25) is 5.02 Å². The lowest BCUT2D eigenvalue weighted by Gasteiger charge is -2.52. The molecule has 1 spiro atoms. The third-order valence-corrected chi connectivity index (χ3v) is 8.28. The van der Waals surface area contributed by atoms with Gasteiger partial charge in [-0.05, 0) is 48.9 Å². The second kappa shape index (κ2) is 11.7. The maximum absolute atomic E-state index is 13.7. The summed E-state index contributed by atoms with van der Waals surface area (Å²) >= 11 is 5.96. The third kappa shape index (κ3) is 6.06. The number of carbonyl (C=O) groups is 1. The molecule has 6 rings (SSSR count). The van der Waals surface area contributed by atoms with Crippen LogP contribution in [0.15, 0.2) is 48.8 Å². The second-order valence-electron chi connectivity index (χ2n) is 11.0. The van der Waals surface area contributed by atoms with Crippen molar-refractivity contribution >= 4 is 45.6 Å². The Hall–Kier alpha value is -3.27. The molecule has 1 atom stereocenters. The summed E-state index contributed by atoms with van der Waals surface area (Å²) < 4.78 is 25.5. The van der Waals surface area contributed by atoms with Crippen molar-refractivity contribution in [3.63, 3.8) is 0 Å². The number of amides is 1. The van der Waals surface area contributed by atoms with Gasteiger partial charge in [0.1, 0.15) is 23.7 Å². The minimum Gasteiger partial charge on any atom is -0.463 e. The second-order valence-corrected chi connectivity index (χ2v) is 11.4. The summed E-state index contributed by atoms with van der Waals surface area (Å²) in [4.78, 5) is 24.1. The number of nitrogens with zero attached hydrogens (tertiary/aromatic N) is 3.